The SMILES string of the molecule is C=NS(=O)(=NC(=O)Nc1c2c(cc3c1CCC3)CCC2)c1ccc(C(C(F)F)N(C)C)cc1. The molecule has 2 atom stereocenters. The van der Waals surface area contributed by atoms with Gasteiger partial charge in [-0.2, -0.15) is 4.40 Å². The Kier molecular flexibility index (Phi) is 6.63. The van der Waals surface area contributed by atoms with Crippen LogP contribution in [0.1, 0.15) is 46.7 Å². The Balaban J connectivity index is 1.64. The average molecular weight is 475 g/mol. The Morgan fingerprint density at radius 2 is 1.64 bits per heavy atom. The summed E-state index contributed by atoms with van der Waals surface area (Å²) in [5.74, 6) is 0. The largest absolute Gasteiger partial charge is 0.355 e. The maximum absolute atomic E-state index is 13.4. The second-order valence-electron chi connectivity index (χ2n) is 8.69. The van der Waals surface area contributed by atoms with Crippen LogP contribution in [0.2, 0.25) is 0 Å². The van der Waals surface area contributed by atoms with E-state index in [9.17, 15) is 17.8 Å². The number of alkyl halides is 2. The van der Waals surface area contributed by atoms with Crippen molar-refractivity contribution in [3.8, 4) is 0 Å². The molecule has 0 aromatic heterocycles. The summed E-state index contributed by atoms with van der Waals surface area (Å²) in [4.78, 5) is 14.4. The first-order chi connectivity index (χ1) is 15.7. The fraction of sp³-hybridized carbons (Fsp3) is 0.417. The number of aryl methyl sites for hydroxylation is 2. The van der Waals surface area contributed by atoms with Gasteiger partial charge in [0.05, 0.1) is 10.9 Å². The van der Waals surface area contributed by atoms with E-state index in [1.807, 2.05) is 0 Å². The highest BCUT2D eigenvalue weighted by Crippen LogP contribution is 2.38. The van der Waals surface area contributed by atoms with E-state index in [1.165, 1.54) is 40.3 Å². The number of hydrogen-bond donors (Lipinski definition) is 1. The fourth-order valence-electron chi connectivity index (χ4n) is 4.88. The summed E-state index contributed by atoms with van der Waals surface area (Å²) in [5, 5.41) is 2.88. The summed E-state index contributed by atoms with van der Waals surface area (Å²) < 4.78 is 47.7. The van der Waals surface area contributed by atoms with E-state index in [1.54, 1.807) is 14.1 Å². The molecule has 2 amide bonds. The van der Waals surface area contributed by atoms with Crippen molar-refractivity contribution < 1.29 is 17.8 Å². The predicted molar refractivity (Wildman–Crippen MR) is 127 cm³/mol. The molecule has 0 fully saturated rings. The molecule has 2 aliphatic rings. The Hall–Kier alpha value is -2.65. The quantitative estimate of drug-likeness (QED) is 0.585. The fourth-order valence-corrected chi connectivity index (χ4v) is 5.95. The van der Waals surface area contributed by atoms with Crippen LogP contribution in [0.5, 0.6) is 0 Å². The molecule has 2 aliphatic carbocycles. The van der Waals surface area contributed by atoms with Crippen molar-refractivity contribution in [2.75, 3.05) is 19.4 Å². The van der Waals surface area contributed by atoms with Gasteiger partial charge >= 0.3 is 6.03 Å². The number of fused-ring (bicyclic) bond motifs is 2. The first-order valence-electron chi connectivity index (χ1n) is 11.0. The van der Waals surface area contributed by atoms with Crippen LogP contribution in [0, 0.1) is 0 Å². The van der Waals surface area contributed by atoms with E-state index >= 15 is 0 Å². The number of benzene rings is 2. The van der Waals surface area contributed by atoms with Gasteiger partial charge in [-0.25, -0.2) is 17.8 Å². The van der Waals surface area contributed by atoms with Crippen molar-refractivity contribution in [2.24, 2.45) is 8.76 Å². The number of carbonyl (C=O) groups is 1. The lowest BCUT2D eigenvalue weighted by atomic mass is 9.99. The van der Waals surface area contributed by atoms with Crippen molar-refractivity contribution in [1.82, 2.24) is 4.90 Å². The zero-order valence-corrected chi connectivity index (χ0v) is 19.6. The van der Waals surface area contributed by atoms with E-state index in [0.717, 1.165) is 55.3 Å². The number of hydrogen-bond acceptors (Lipinski definition) is 3. The molecule has 176 valence electrons. The molecule has 0 saturated carbocycles. The summed E-state index contributed by atoms with van der Waals surface area (Å²) >= 11 is 0. The third-order valence-electron chi connectivity index (χ3n) is 6.41. The summed E-state index contributed by atoms with van der Waals surface area (Å²) in [6.07, 6.45) is 3.28. The second kappa shape index (κ2) is 9.30. The molecule has 0 heterocycles. The van der Waals surface area contributed by atoms with Crippen molar-refractivity contribution in [1.29, 1.82) is 0 Å². The molecule has 33 heavy (non-hydrogen) atoms. The maximum atomic E-state index is 13.4. The number of carbonyl (C=O) groups excluding carboxylic acids is 1. The summed E-state index contributed by atoms with van der Waals surface area (Å²) in [6, 6.07) is 6.16. The number of nitrogens with one attached hydrogen (secondary N) is 1. The van der Waals surface area contributed by atoms with Gasteiger partial charge in [-0.1, -0.05) is 18.2 Å². The van der Waals surface area contributed by atoms with E-state index in [-0.39, 0.29) is 4.90 Å². The van der Waals surface area contributed by atoms with Crippen LogP contribution in [0.25, 0.3) is 0 Å². The Bertz CT molecular complexity index is 1160. The molecular formula is C24H28F2N4O2S. The summed E-state index contributed by atoms with van der Waals surface area (Å²) in [7, 11) is -0.380. The van der Waals surface area contributed by atoms with Crippen LogP contribution in [-0.4, -0.2) is 42.4 Å². The van der Waals surface area contributed by atoms with E-state index in [2.05, 4.69) is 26.9 Å². The number of amides is 2. The van der Waals surface area contributed by atoms with Gasteiger partial charge in [-0.15, -0.1) is 4.36 Å². The molecule has 9 heteroatoms. The van der Waals surface area contributed by atoms with Gasteiger partial charge in [-0.05, 0) is 92.6 Å². The van der Waals surface area contributed by atoms with Crippen molar-refractivity contribution in [3.63, 3.8) is 0 Å². The van der Waals surface area contributed by atoms with Gasteiger partial charge in [-0.3, -0.25) is 4.90 Å². The Morgan fingerprint density at radius 1 is 1.06 bits per heavy atom. The van der Waals surface area contributed by atoms with E-state index in [0.29, 0.717) is 5.56 Å². The number of anilines is 1. The first-order valence-corrected chi connectivity index (χ1v) is 12.5. The molecule has 6 nitrogen and oxygen atoms in total. The molecule has 2 unspecified atom stereocenters. The molecule has 1 N–H and O–H groups in total. The molecule has 0 spiro atoms. The molecule has 0 saturated heterocycles. The highest BCUT2D eigenvalue weighted by atomic mass is 32.2. The van der Waals surface area contributed by atoms with Crippen molar-refractivity contribution in [3.05, 3.63) is 58.1 Å². The Labute approximate surface area is 193 Å². The van der Waals surface area contributed by atoms with Crippen molar-refractivity contribution >= 4 is 28.4 Å². The minimum atomic E-state index is -3.51. The van der Waals surface area contributed by atoms with Gasteiger partial charge < -0.3 is 5.32 Å². The smallest absolute Gasteiger partial charge is 0.305 e. The Morgan fingerprint density at radius 3 is 2.12 bits per heavy atom. The predicted octanol–water partition coefficient (Wildman–Crippen LogP) is 5.21. The van der Waals surface area contributed by atoms with Gasteiger partial charge in [0.15, 0.2) is 9.92 Å². The van der Waals surface area contributed by atoms with Crippen LogP contribution in [0.15, 0.2) is 44.0 Å². The molecule has 0 radical (unpaired) electrons. The second-order valence-corrected chi connectivity index (χ2v) is 10.6. The van der Waals surface area contributed by atoms with Crippen LogP contribution in [-0.2, 0) is 35.6 Å². The summed E-state index contributed by atoms with van der Waals surface area (Å²) in [6.45, 7) is 3.37. The molecular weight excluding hydrogens is 446 g/mol. The lowest BCUT2D eigenvalue weighted by Crippen LogP contribution is -2.26. The molecule has 4 rings (SSSR count). The normalized spacial score (nSPS) is 17.4. The maximum Gasteiger partial charge on any atom is 0.355 e. The van der Waals surface area contributed by atoms with Gasteiger partial charge in [0.1, 0.15) is 0 Å². The van der Waals surface area contributed by atoms with Gasteiger partial charge in [0.25, 0.3) is 6.43 Å². The zero-order chi connectivity index (χ0) is 23.8. The molecule has 0 bridgehead atoms. The standard InChI is InChI=1S/C24H28F2N4O2S/c1-27-33(32,18-12-10-15(11-13-18)22(23(25)26)30(2)3)29-24(31)28-21-19-8-4-6-16(19)14-17-7-5-9-20(17)21/h10-14,22-23H,1,4-9H2,2-3H3,(H,28,31). The van der Waals surface area contributed by atoms with Crippen LogP contribution in [0.4, 0.5) is 19.3 Å². The number of urea groups is 1. The summed E-state index contributed by atoms with van der Waals surface area (Å²) in [5.41, 5.74) is 5.98. The van der Waals surface area contributed by atoms with E-state index < -0.39 is 28.4 Å². The molecule has 2 aromatic rings. The van der Waals surface area contributed by atoms with Crippen LogP contribution >= 0.6 is 0 Å². The average Bonchev–Trinajstić information content (AvgIpc) is 3.42. The highest BCUT2D eigenvalue weighted by Gasteiger charge is 2.27. The minimum absolute atomic E-state index is 0.145. The van der Waals surface area contributed by atoms with Crippen LogP contribution < -0.4 is 5.32 Å². The first kappa shape index (κ1) is 23.5. The lowest BCUT2D eigenvalue weighted by molar-refractivity contribution is 0.0488. The number of rotatable bonds is 6. The number of nitrogens with zero attached hydrogens (tertiary/aromatic N) is 3. The topological polar surface area (TPSA) is 74.1 Å². The van der Waals surface area contributed by atoms with Gasteiger partial charge in [0.2, 0.25) is 0 Å². The van der Waals surface area contributed by atoms with Crippen LogP contribution in [0.3, 0.4) is 0 Å². The number of halogens is 2. The lowest BCUT2D eigenvalue weighted by Gasteiger charge is -2.23. The molecule has 2 aromatic carbocycles. The monoisotopic (exact) mass is 474 g/mol. The van der Waals surface area contributed by atoms with Crippen molar-refractivity contribution in [2.45, 2.75) is 55.9 Å². The van der Waals surface area contributed by atoms with Gasteiger partial charge in [0, 0.05) is 12.4 Å². The highest BCUT2D eigenvalue weighted by molar-refractivity contribution is 7.92. The van der Waals surface area contributed by atoms with E-state index in [4.69, 9.17) is 0 Å². The minimum Gasteiger partial charge on any atom is -0.305 e. The zero-order valence-electron chi connectivity index (χ0n) is 18.8. The third kappa shape index (κ3) is 4.56. The molecule has 0 aliphatic heterocycles. The third-order valence-corrected chi connectivity index (χ3v) is 8.06.